The highest BCUT2D eigenvalue weighted by molar-refractivity contribution is 6.51. The Bertz CT molecular complexity index is 1430. The lowest BCUT2D eigenvalue weighted by atomic mass is 9.94. The average molecular weight is 529 g/mol. The highest BCUT2D eigenvalue weighted by Crippen LogP contribution is 2.44. The third kappa shape index (κ3) is 5.65. The van der Waals surface area contributed by atoms with Crippen LogP contribution in [0, 0.1) is 0 Å². The second kappa shape index (κ2) is 11.9. The van der Waals surface area contributed by atoms with Gasteiger partial charge in [-0.3, -0.25) is 19.3 Å². The molecule has 8 heteroatoms. The van der Waals surface area contributed by atoms with Crippen LogP contribution in [0.25, 0.3) is 5.76 Å². The second-order valence-electron chi connectivity index (χ2n) is 9.02. The molecule has 202 valence electrons. The van der Waals surface area contributed by atoms with E-state index in [9.17, 15) is 19.5 Å². The fourth-order valence-electron chi connectivity index (χ4n) is 4.66. The van der Waals surface area contributed by atoms with E-state index in [0.717, 1.165) is 12.0 Å². The fourth-order valence-corrected chi connectivity index (χ4v) is 4.66. The molecule has 4 rings (SSSR count). The van der Waals surface area contributed by atoms with Crippen LogP contribution in [0.5, 0.6) is 11.5 Å². The lowest BCUT2D eigenvalue weighted by Gasteiger charge is -2.26. The summed E-state index contributed by atoms with van der Waals surface area (Å²) < 4.78 is 11.4. The van der Waals surface area contributed by atoms with Gasteiger partial charge in [0.25, 0.3) is 11.7 Å². The summed E-state index contributed by atoms with van der Waals surface area (Å²) in [5.41, 5.74) is 2.85. The number of rotatable bonds is 9. The standard InChI is InChI=1S/C31H32N2O6/c1-5-20-11-13-21(14-12-20)28-27(29(35)25-16-15-24(38-6-2)18-26(25)39-7-3)30(36)31(37)33(28)23-10-8-9-22(17-23)32-19(4)34/h8-18,28,35H,5-7H2,1-4H3,(H,32,34)/b29-27-. The Kier molecular flexibility index (Phi) is 8.34. The molecular weight excluding hydrogens is 496 g/mol. The number of ketones is 1. The molecule has 3 aromatic rings. The zero-order valence-corrected chi connectivity index (χ0v) is 22.5. The summed E-state index contributed by atoms with van der Waals surface area (Å²) in [5.74, 6) is -1.33. The Morgan fingerprint density at radius 2 is 1.67 bits per heavy atom. The van der Waals surface area contributed by atoms with E-state index in [1.54, 1.807) is 42.5 Å². The summed E-state index contributed by atoms with van der Waals surface area (Å²) in [7, 11) is 0. The SMILES string of the molecule is CCOc1ccc(/C(O)=C2/C(=O)C(=O)N(c3cccc(NC(C)=O)c3)C2c2ccc(CC)cc2)c(OCC)c1. The molecule has 1 saturated heterocycles. The summed E-state index contributed by atoms with van der Waals surface area (Å²) in [6.45, 7) is 7.88. The van der Waals surface area contributed by atoms with Gasteiger partial charge in [-0.2, -0.15) is 0 Å². The van der Waals surface area contributed by atoms with E-state index >= 15 is 0 Å². The van der Waals surface area contributed by atoms with Gasteiger partial charge in [-0.25, -0.2) is 0 Å². The van der Waals surface area contributed by atoms with Gasteiger partial charge < -0.3 is 19.9 Å². The van der Waals surface area contributed by atoms with Crippen molar-refractivity contribution in [2.24, 2.45) is 0 Å². The molecule has 1 heterocycles. The lowest BCUT2D eigenvalue weighted by molar-refractivity contribution is -0.132. The van der Waals surface area contributed by atoms with Crippen LogP contribution in [0.2, 0.25) is 0 Å². The van der Waals surface area contributed by atoms with Gasteiger partial charge in [0, 0.05) is 24.4 Å². The molecule has 0 bridgehead atoms. The minimum atomic E-state index is -0.912. The van der Waals surface area contributed by atoms with Crippen LogP contribution in [0.3, 0.4) is 0 Å². The maximum atomic E-state index is 13.6. The summed E-state index contributed by atoms with van der Waals surface area (Å²) in [6, 6.07) is 18.3. The molecule has 39 heavy (non-hydrogen) atoms. The highest BCUT2D eigenvalue weighted by Gasteiger charge is 2.47. The van der Waals surface area contributed by atoms with Crippen molar-refractivity contribution < 1.29 is 29.0 Å². The normalized spacial score (nSPS) is 16.3. The molecular formula is C31H32N2O6. The molecule has 1 aliphatic rings. The van der Waals surface area contributed by atoms with Crippen LogP contribution in [0.1, 0.15) is 50.4 Å². The number of hydrogen-bond acceptors (Lipinski definition) is 6. The Balaban J connectivity index is 1.93. The smallest absolute Gasteiger partial charge is 0.300 e. The predicted molar refractivity (Wildman–Crippen MR) is 150 cm³/mol. The van der Waals surface area contributed by atoms with Crippen LogP contribution in [0.15, 0.2) is 72.3 Å². The molecule has 2 N–H and O–H groups in total. The number of aliphatic hydroxyl groups is 1. The van der Waals surface area contributed by atoms with Gasteiger partial charge in [-0.05, 0) is 61.7 Å². The third-order valence-electron chi connectivity index (χ3n) is 6.41. The van der Waals surface area contributed by atoms with Gasteiger partial charge in [-0.15, -0.1) is 0 Å². The maximum Gasteiger partial charge on any atom is 0.300 e. The van der Waals surface area contributed by atoms with Crippen molar-refractivity contribution in [1.29, 1.82) is 0 Å². The van der Waals surface area contributed by atoms with Gasteiger partial charge >= 0.3 is 0 Å². The summed E-state index contributed by atoms with van der Waals surface area (Å²) in [5, 5.41) is 14.3. The van der Waals surface area contributed by atoms with Gasteiger partial charge in [0.2, 0.25) is 5.91 Å². The predicted octanol–water partition coefficient (Wildman–Crippen LogP) is 5.63. The number of carbonyl (C=O) groups is 3. The average Bonchev–Trinajstić information content (AvgIpc) is 3.19. The van der Waals surface area contributed by atoms with Crippen LogP contribution in [-0.2, 0) is 20.8 Å². The topological polar surface area (TPSA) is 105 Å². The Labute approximate surface area is 227 Å². The highest BCUT2D eigenvalue weighted by atomic mass is 16.5. The minimum absolute atomic E-state index is 0.0562. The number of hydrogen-bond donors (Lipinski definition) is 2. The molecule has 0 aromatic heterocycles. The number of nitrogens with zero attached hydrogens (tertiary/aromatic N) is 1. The number of aryl methyl sites for hydroxylation is 1. The molecule has 1 aliphatic heterocycles. The molecule has 0 aliphatic carbocycles. The first-order valence-corrected chi connectivity index (χ1v) is 13.0. The zero-order valence-electron chi connectivity index (χ0n) is 22.5. The van der Waals surface area contributed by atoms with Crippen molar-refractivity contribution in [2.75, 3.05) is 23.4 Å². The molecule has 0 spiro atoms. The van der Waals surface area contributed by atoms with E-state index in [-0.39, 0.29) is 22.8 Å². The molecule has 0 saturated carbocycles. The first-order valence-electron chi connectivity index (χ1n) is 13.0. The van der Waals surface area contributed by atoms with E-state index in [1.165, 1.54) is 11.8 Å². The van der Waals surface area contributed by atoms with E-state index < -0.39 is 17.7 Å². The number of aliphatic hydroxyl groups excluding tert-OH is 1. The number of nitrogens with one attached hydrogen (secondary N) is 1. The largest absolute Gasteiger partial charge is 0.507 e. The minimum Gasteiger partial charge on any atom is -0.507 e. The molecule has 3 aromatic carbocycles. The molecule has 1 unspecified atom stereocenters. The first kappa shape index (κ1) is 27.4. The van der Waals surface area contributed by atoms with Crippen molar-refractivity contribution in [3.05, 3.63) is 89.0 Å². The number of ether oxygens (including phenoxy) is 2. The molecule has 0 radical (unpaired) electrons. The van der Waals surface area contributed by atoms with Crippen LogP contribution in [0.4, 0.5) is 11.4 Å². The molecule has 8 nitrogen and oxygen atoms in total. The van der Waals surface area contributed by atoms with Crippen molar-refractivity contribution >= 4 is 34.7 Å². The first-order chi connectivity index (χ1) is 18.8. The van der Waals surface area contributed by atoms with E-state index in [1.807, 2.05) is 45.0 Å². The number of Topliss-reactive ketones (excluding diaryl/α,β-unsaturated/α-hetero) is 1. The molecule has 1 atom stereocenters. The van der Waals surface area contributed by atoms with E-state index in [2.05, 4.69) is 5.32 Å². The summed E-state index contributed by atoms with van der Waals surface area (Å²) >= 11 is 0. The van der Waals surface area contributed by atoms with Crippen LogP contribution < -0.4 is 19.7 Å². The quantitative estimate of drug-likeness (QED) is 0.212. The fraction of sp³-hybridized carbons (Fsp3) is 0.258. The van der Waals surface area contributed by atoms with Crippen LogP contribution >= 0.6 is 0 Å². The lowest BCUT2D eigenvalue weighted by Crippen LogP contribution is -2.29. The Morgan fingerprint density at radius 3 is 2.31 bits per heavy atom. The van der Waals surface area contributed by atoms with E-state index in [4.69, 9.17) is 9.47 Å². The number of anilines is 2. The van der Waals surface area contributed by atoms with Gasteiger partial charge in [0.15, 0.2) is 0 Å². The Morgan fingerprint density at radius 1 is 0.949 bits per heavy atom. The Hall–Kier alpha value is -4.59. The number of amides is 2. The van der Waals surface area contributed by atoms with Crippen molar-refractivity contribution in [2.45, 2.75) is 40.2 Å². The third-order valence-corrected chi connectivity index (χ3v) is 6.41. The van der Waals surface area contributed by atoms with Gasteiger partial charge in [-0.1, -0.05) is 37.3 Å². The van der Waals surface area contributed by atoms with Crippen molar-refractivity contribution in [1.82, 2.24) is 0 Å². The molecule has 2 amide bonds. The van der Waals surface area contributed by atoms with Crippen LogP contribution in [-0.4, -0.2) is 35.9 Å². The zero-order chi connectivity index (χ0) is 28.1. The van der Waals surface area contributed by atoms with Crippen molar-refractivity contribution in [3.8, 4) is 11.5 Å². The monoisotopic (exact) mass is 528 g/mol. The van der Waals surface area contributed by atoms with Gasteiger partial charge in [0.1, 0.15) is 17.3 Å². The molecule has 1 fully saturated rings. The van der Waals surface area contributed by atoms with E-state index in [0.29, 0.717) is 41.7 Å². The summed E-state index contributed by atoms with van der Waals surface area (Å²) in [4.78, 5) is 40.1. The second-order valence-corrected chi connectivity index (χ2v) is 9.02. The number of benzene rings is 3. The van der Waals surface area contributed by atoms with Crippen molar-refractivity contribution in [3.63, 3.8) is 0 Å². The van der Waals surface area contributed by atoms with Gasteiger partial charge in [0.05, 0.1) is 30.4 Å². The summed E-state index contributed by atoms with van der Waals surface area (Å²) in [6.07, 6.45) is 0.823. The number of carbonyl (C=O) groups excluding carboxylic acids is 3. The maximum absolute atomic E-state index is 13.6.